The first kappa shape index (κ1) is 20.3. The lowest BCUT2D eigenvalue weighted by Gasteiger charge is -2.13. The Morgan fingerprint density at radius 1 is 0.926 bits per heavy atom. The minimum Gasteiger partial charge on any atom is -0.491 e. The topological polar surface area (TPSA) is 79.5 Å². The smallest absolute Gasteiger partial charge is 0.315 e. The number of hydrogen-bond donors (Lipinski definition) is 3. The summed E-state index contributed by atoms with van der Waals surface area (Å²) in [6.45, 7) is 8.47. The average molecular weight is 369 g/mol. The van der Waals surface area contributed by atoms with Crippen LogP contribution in [0.2, 0.25) is 0 Å². The van der Waals surface area contributed by atoms with E-state index in [2.05, 4.69) is 16.0 Å². The second-order valence-corrected chi connectivity index (χ2v) is 6.54. The maximum absolute atomic E-state index is 12.0. The van der Waals surface area contributed by atoms with Gasteiger partial charge < -0.3 is 20.7 Å². The number of para-hydroxylation sites is 1. The number of urea groups is 1. The minimum absolute atomic E-state index is 0.0997. The summed E-state index contributed by atoms with van der Waals surface area (Å²) in [6, 6.07) is 11.3. The number of aryl methyl sites for hydroxylation is 4. The molecular weight excluding hydrogens is 342 g/mol. The predicted octanol–water partition coefficient (Wildman–Crippen LogP) is 3.24. The SMILES string of the molecule is Cc1ccc(OCCNC(=O)NCC(=O)Nc2c(C)cccc2C)c(C)c1. The van der Waals surface area contributed by atoms with Crippen molar-refractivity contribution < 1.29 is 14.3 Å². The molecule has 2 aromatic rings. The standard InChI is InChI=1S/C21H27N3O3/c1-14-8-9-18(17(4)12-14)27-11-10-22-21(26)23-13-19(25)24-20-15(2)6-5-7-16(20)3/h5-9,12H,10-11,13H2,1-4H3,(H,24,25)(H2,22,23,26). The summed E-state index contributed by atoms with van der Waals surface area (Å²) in [4.78, 5) is 23.8. The first-order valence-corrected chi connectivity index (χ1v) is 8.94. The van der Waals surface area contributed by atoms with Gasteiger partial charge in [-0.3, -0.25) is 4.79 Å². The van der Waals surface area contributed by atoms with Crippen LogP contribution in [0.25, 0.3) is 0 Å². The lowest BCUT2D eigenvalue weighted by Crippen LogP contribution is -2.41. The summed E-state index contributed by atoms with van der Waals surface area (Å²) in [7, 11) is 0. The van der Waals surface area contributed by atoms with E-state index in [9.17, 15) is 9.59 Å². The minimum atomic E-state index is -0.407. The molecule has 0 aromatic heterocycles. The second kappa shape index (κ2) is 9.62. The molecule has 3 N–H and O–H groups in total. The number of nitrogens with one attached hydrogen (secondary N) is 3. The van der Waals surface area contributed by atoms with Crippen molar-refractivity contribution in [3.63, 3.8) is 0 Å². The molecule has 0 radical (unpaired) electrons. The fourth-order valence-corrected chi connectivity index (χ4v) is 2.71. The van der Waals surface area contributed by atoms with Gasteiger partial charge in [-0.1, -0.05) is 35.9 Å². The zero-order chi connectivity index (χ0) is 19.8. The van der Waals surface area contributed by atoms with Crippen LogP contribution in [0.1, 0.15) is 22.3 Å². The van der Waals surface area contributed by atoms with Crippen molar-refractivity contribution in [1.29, 1.82) is 0 Å². The van der Waals surface area contributed by atoms with Crippen LogP contribution in [0.5, 0.6) is 5.75 Å². The molecule has 0 aliphatic rings. The molecule has 6 nitrogen and oxygen atoms in total. The number of amides is 3. The van der Waals surface area contributed by atoms with E-state index < -0.39 is 6.03 Å². The van der Waals surface area contributed by atoms with Crippen LogP contribution in [0.4, 0.5) is 10.5 Å². The molecule has 0 saturated carbocycles. The number of anilines is 1. The first-order valence-electron chi connectivity index (χ1n) is 8.94. The molecule has 0 spiro atoms. The van der Waals surface area contributed by atoms with Gasteiger partial charge in [0, 0.05) is 5.69 Å². The molecule has 0 heterocycles. The molecule has 0 aliphatic heterocycles. The Morgan fingerprint density at radius 3 is 2.30 bits per heavy atom. The van der Waals surface area contributed by atoms with Gasteiger partial charge in [0.2, 0.25) is 5.91 Å². The number of rotatable bonds is 7. The lowest BCUT2D eigenvalue weighted by molar-refractivity contribution is -0.115. The Bertz CT molecular complexity index is 798. The van der Waals surface area contributed by atoms with Crippen molar-refractivity contribution in [3.8, 4) is 5.75 Å². The zero-order valence-corrected chi connectivity index (χ0v) is 16.3. The molecule has 0 atom stereocenters. The van der Waals surface area contributed by atoms with Gasteiger partial charge in [0.05, 0.1) is 13.1 Å². The molecule has 144 valence electrons. The molecule has 3 amide bonds. The van der Waals surface area contributed by atoms with Crippen LogP contribution in [0.15, 0.2) is 36.4 Å². The lowest BCUT2D eigenvalue weighted by atomic mass is 10.1. The van der Waals surface area contributed by atoms with Gasteiger partial charge >= 0.3 is 6.03 Å². The molecule has 0 bridgehead atoms. The summed E-state index contributed by atoms with van der Waals surface area (Å²) in [5.74, 6) is 0.532. The highest BCUT2D eigenvalue weighted by Gasteiger charge is 2.09. The van der Waals surface area contributed by atoms with E-state index in [0.717, 1.165) is 28.1 Å². The third kappa shape index (κ3) is 6.33. The van der Waals surface area contributed by atoms with E-state index in [1.54, 1.807) is 0 Å². The average Bonchev–Trinajstić information content (AvgIpc) is 2.61. The Labute approximate surface area is 160 Å². The van der Waals surface area contributed by atoms with Crippen molar-refractivity contribution in [3.05, 3.63) is 58.7 Å². The molecule has 0 unspecified atom stereocenters. The van der Waals surface area contributed by atoms with Crippen molar-refractivity contribution in [1.82, 2.24) is 10.6 Å². The van der Waals surface area contributed by atoms with Gasteiger partial charge in [0.25, 0.3) is 0 Å². The van der Waals surface area contributed by atoms with E-state index in [4.69, 9.17) is 4.74 Å². The van der Waals surface area contributed by atoms with E-state index in [1.165, 1.54) is 5.56 Å². The molecule has 2 rings (SSSR count). The molecular formula is C21H27N3O3. The van der Waals surface area contributed by atoms with Crippen molar-refractivity contribution in [2.75, 3.05) is 25.0 Å². The highest BCUT2D eigenvalue weighted by atomic mass is 16.5. The normalized spacial score (nSPS) is 10.2. The van der Waals surface area contributed by atoms with Gasteiger partial charge in [0.1, 0.15) is 12.4 Å². The Balaban J connectivity index is 1.68. The van der Waals surface area contributed by atoms with Gasteiger partial charge in [-0.2, -0.15) is 0 Å². The summed E-state index contributed by atoms with van der Waals surface area (Å²) in [5, 5.41) is 8.04. The summed E-state index contributed by atoms with van der Waals surface area (Å²) < 4.78 is 5.65. The van der Waals surface area contributed by atoms with Crippen LogP contribution in [-0.4, -0.2) is 31.6 Å². The van der Waals surface area contributed by atoms with Crippen LogP contribution >= 0.6 is 0 Å². The Morgan fingerprint density at radius 2 is 1.63 bits per heavy atom. The Hall–Kier alpha value is -3.02. The summed E-state index contributed by atoms with van der Waals surface area (Å²) >= 11 is 0. The van der Waals surface area contributed by atoms with Gasteiger partial charge in [-0.15, -0.1) is 0 Å². The van der Waals surface area contributed by atoms with Crippen molar-refractivity contribution in [2.24, 2.45) is 0 Å². The molecule has 0 aliphatic carbocycles. The number of ether oxygens (including phenoxy) is 1. The fourth-order valence-electron chi connectivity index (χ4n) is 2.71. The molecule has 0 saturated heterocycles. The second-order valence-electron chi connectivity index (χ2n) is 6.54. The first-order chi connectivity index (χ1) is 12.9. The highest BCUT2D eigenvalue weighted by molar-refractivity contribution is 5.95. The number of hydrogen-bond acceptors (Lipinski definition) is 3. The van der Waals surface area contributed by atoms with E-state index in [1.807, 2.05) is 64.1 Å². The Kier molecular flexibility index (Phi) is 7.23. The summed E-state index contributed by atoms with van der Waals surface area (Å²) in [6.07, 6.45) is 0. The number of carbonyl (C=O) groups excluding carboxylic acids is 2. The van der Waals surface area contributed by atoms with Crippen LogP contribution in [0, 0.1) is 27.7 Å². The van der Waals surface area contributed by atoms with E-state index >= 15 is 0 Å². The third-order valence-electron chi connectivity index (χ3n) is 4.13. The largest absolute Gasteiger partial charge is 0.491 e. The van der Waals surface area contributed by atoms with Gasteiger partial charge in [-0.05, 0) is 50.5 Å². The molecule has 6 heteroatoms. The monoisotopic (exact) mass is 369 g/mol. The fraction of sp³-hybridized carbons (Fsp3) is 0.333. The maximum Gasteiger partial charge on any atom is 0.315 e. The predicted molar refractivity (Wildman–Crippen MR) is 107 cm³/mol. The van der Waals surface area contributed by atoms with Gasteiger partial charge in [0.15, 0.2) is 0 Å². The third-order valence-corrected chi connectivity index (χ3v) is 4.13. The van der Waals surface area contributed by atoms with Crippen LogP contribution in [-0.2, 0) is 4.79 Å². The van der Waals surface area contributed by atoms with Crippen LogP contribution < -0.4 is 20.7 Å². The summed E-state index contributed by atoms with van der Waals surface area (Å²) in [5.41, 5.74) is 4.98. The van der Waals surface area contributed by atoms with Crippen molar-refractivity contribution in [2.45, 2.75) is 27.7 Å². The highest BCUT2D eigenvalue weighted by Crippen LogP contribution is 2.19. The molecule has 2 aromatic carbocycles. The van der Waals surface area contributed by atoms with E-state index in [0.29, 0.717) is 13.2 Å². The number of benzene rings is 2. The quantitative estimate of drug-likeness (QED) is 0.656. The molecule has 27 heavy (non-hydrogen) atoms. The van der Waals surface area contributed by atoms with Crippen molar-refractivity contribution >= 4 is 17.6 Å². The van der Waals surface area contributed by atoms with Crippen LogP contribution in [0.3, 0.4) is 0 Å². The van der Waals surface area contributed by atoms with E-state index in [-0.39, 0.29) is 12.5 Å². The number of carbonyl (C=O) groups is 2. The zero-order valence-electron chi connectivity index (χ0n) is 16.3. The van der Waals surface area contributed by atoms with Gasteiger partial charge in [-0.25, -0.2) is 4.79 Å². The molecule has 0 fully saturated rings. The maximum atomic E-state index is 12.0.